The smallest absolute Gasteiger partial charge is 0.138 e. The van der Waals surface area contributed by atoms with E-state index in [0.29, 0.717) is 23.3 Å². The van der Waals surface area contributed by atoms with Gasteiger partial charge in [-0.3, -0.25) is 4.39 Å². The third kappa shape index (κ3) is 3.10. The van der Waals surface area contributed by atoms with Crippen LogP contribution in [0.2, 0.25) is 5.02 Å². The summed E-state index contributed by atoms with van der Waals surface area (Å²) < 4.78 is 18.0. The van der Waals surface area contributed by atoms with Gasteiger partial charge in [-0.1, -0.05) is 37.6 Å². The SMILES string of the molecule is CCCOc1cccc([C](C)CF)c1Cl. The summed E-state index contributed by atoms with van der Waals surface area (Å²) in [6.45, 7) is 3.89. The largest absolute Gasteiger partial charge is 0.492 e. The molecule has 83 valence electrons. The quantitative estimate of drug-likeness (QED) is 0.741. The van der Waals surface area contributed by atoms with Crippen LogP contribution in [0.1, 0.15) is 25.8 Å². The van der Waals surface area contributed by atoms with Gasteiger partial charge in [0.15, 0.2) is 0 Å². The molecule has 0 bridgehead atoms. The lowest BCUT2D eigenvalue weighted by Gasteiger charge is -2.13. The normalized spacial score (nSPS) is 10.7. The van der Waals surface area contributed by atoms with Gasteiger partial charge in [0.05, 0.1) is 18.3 Å². The van der Waals surface area contributed by atoms with Crippen LogP contribution in [0.4, 0.5) is 4.39 Å². The van der Waals surface area contributed by atoms with E-state index in [1.54, 1.807) is 19.1 Å². The van der Waals surface area contributed by atoms with Crippen LogP contribution < -0.4 is 4.74 Å². The van der Waals surface area contributed by atoms with E-state index < -0.39 is 6.67 Å². The van der Waals surface area contributed by atoms with Gasteiger partial charge in [0.2, 0.25) is 0 Å². The van der Waals surface area contributed by atoms with Crippen LogP contribution in [0, 0.1) is 5.92 Å². The van der Waals surface area contributed by atoms with E-state index in [1.165, 1.54) is 0 Å². The van der Waals surface area contributed by atoms with Gasteiger partial charge in [0, 0.05) is 5.92 Å². The molecule has 0 spiro atoms. The van der Waals surface area contributed by atoms with Gasteiger partial charge in [-0.25, -0.2) is 0 Å². The van der Waals surface area contributed by atoms with E-state index >= 15 is 0 Å². The lowest BCUT2D eigenvalue weighted by Crippen LogP contribution is -2.01. The van der Waals surface area contributed by atoms with E-state index in [2.05, 4.69) is 0 Å². The predicted molar refractivity (Wildman–Crippen MR) is 61.2 cm³/mol. The fraction of sp³-hybridized carbons (Fsp3) is 0.417. The molecular formula is C12H15ClFO. The molecule has 0 saturated heterocycles. The lowest BCUT2D eigenvalue weighted by molar-refractivity contribution is 0.317. The summed E-state index contributed by atoms with van der Waals surface area (Å²) in [7, 11) is 0. The molecule has 1 rings (SSSR count). The van der Waals surface area contributed by atoms with Crippen molar-refractivity contribution < 1.29 is 9.13 Å². The van der Waals surface area contributed by atoms with Crippen LogP contribution in [0.3, 0.4) is 0 Å². The molecule has 3 heteroatoms. The number of rotatable bonds is 5. The highest BCUT2D eigenvalue weighted by atomic mass is 35.5. The average Bonchev–Trinajstić information content (AvgIpc) is 2.27. The molecule has 0 aromatic heterocycles. The Morgan fingerprint density at radius 1 is 1.47 bits per heavy atom. The molecule has 0 amide bonds. The maximum atomic E-state index is 12.5. The van der Waals surface area contributed by atoms with Gasteiger partial charge >= 0.3 is 0 Å². The lowest BCUT2D eigenvalue weighted by atomic mass is 10.0. The minimum Gasteiger partial charge on any atom is -0.492 e. The van der Waals surface area contributed by atoms with Gasteiger partial charge in [0.1, 0.15) is 5.75 Å². The van der Waals surface area contributed by atoms with Crippen LogP contribution in [0.5, 0.6) is 5.75 Å². The standard InChI is InChI=1S/C12H15ClFO/c1-3-7-15-11-6-4-5-10(12(11)13)9(2)8-14/h4-6H,3,7-8H2,1-2H3. The number of alkyl halides is 1. The molecule has 0 unspecified atom stereocenters. The Labute approximate surface area is 95.2 Å². The zero-order valence-corrected chi connectivity index (χ0v) is 9.77. The fourth-order valence-corrected chi connectivity index (χ4v) is 1.58. The van der Waals surface area contributed by atoms with E-state index in [-0.39, 0.29) is 0 Å². The number of ether oxygens (including phenoxy) is 1. The minimum absolute atomic E-state index is 0.489. The van der Waals surface area contributed by atoms with E-state index in [4.69, 9.17) is 16.3 Å². The summed E-state index contributed by atoms with van der Waals surface area (Å²) in [5.41, 5.74) is 0.729. The maximum absolute atomic E-state index is 12.5. The Morgan fingerprint density at radius 2 is 2.20 bits per heavy atom. The van der Waals surface area contributed by atoms with Gasteiger partial charge < -0.3 is 4.74 Å². The van der Waals surface area contributed by atoms with Gasteiger partial charge in [-0.05, 0) is 18.1 Å². The molecule has 0 fully saturated rings. The highest BCUT2D eigenvalue weighted by Gasteiger charge is 2.13. The van der Waals surface area contributed by atoms with Crippen molar-refractivity contribution in [2.24, 2.45) is 0 Å². The summed E-state index contributed by atoms with van der Waals surface area (Å²) in [6, 6.07) is 5.43. The predicted octanol–water partition coefficient (Wildman–Crippen LogP) is 4.04. The van der Waals surface area contributed by atoms with Crippen LogP contribution in [0.25, 0.3) is 0 Å². The molecule has 0 aliphatic heterocycles. The molecule has 0 heterocycles. The highest BCUT2D eigenvalue weighted by Crippen LogP contribution is 2.32. The van der Waals surface area contributed by atoms with Gasteiger partial charge in [0.25, 0.3) is 0 Å². The molecule has 1 radical (unpaired) electrons. The molecule has 0 saturated carbocycles. The van der Waals surface area contributed by atoms with Crippen molar-refractivity contribution >= 4 is 11.6 Å². The van der Waals surface area contributed by atoms with E-state index in [1.807, 2.05) is 13.0 Å². The highest BCUT2D eigenvalue weighted by molar-refractivity contribution is 6.33. The molecule has 0 aliphatic rings. The Balaban J connectivity index is 2.90. The molecule has 1 aromatic rings. The number of hydrogen-bond donors (Lipinski definition) is 0. The minimum atomic E-state index is -0.489. The number of benzene rings is 1. The molecular weight excluding hydrogens is 215 g/mol. The zero-order chi connectivity index (χ0) is 11.3. The number of hydrogen-bond acceptors (Lipinski definition) is 1. The van der Waals surface area contributed by atoms with Crippen molar-refractivity contribution in [2.75, 3.05) is 13.3 Å². The van der Waals surface area contributed by atoms with Crippen molar-refractivity contribution in [1.82, 2.24) is 0 Å². The zero-order valence-electron chi connectivity index (χ0n) is 9.02. The van der Waals surface area contributed by atoms with Gasteiger partial charge in [-0.15, -0.1) is 0 Å². The molecule has 1 nitrogen and oxygen atoms in total. The molecule has 15 heavy (non-hydrogen) atoms. The van der Waals surface area contributed by atoms with Crippen LogP contribution in [-0.4, -0.2) is 13.3 Å². The fourth-order valence-electron chi connectivity index (χ4n) is 1.24. The van der Waals surface area contributed by atoms with Gasteiger partial charge in [-0.2, -0.15) is 0 Å². The van der Waals surface area contributed by atoms with Crippen molar-refractivity contribution in [3.63, 3.8) is 0 Å². The molecule has 0 aliphatic carbocycles. The molecule has 1 aromatic carbocycles. The topological polar surface area (TPSA) is 9.23 Å². The monoisotopic (exact) mass is 229 g/mol. The summed E-state index contributed by atoms with van der Waals surface area (Å²) >= 11 is 6.11. The Kier molecular flexibility index (Phi) is 4.89. The van der Waals surface area contributed by atoms with Crippen LogP contribution in [0.15, 0.2) is 18.2 Å². The summed E-state index contributed by atoms with van der Waals surface area (Å²) in [5, 5.41) is 0.501. The first-order chi connectivity index (χ1) is 7.20. The summed E-state index contributed by atoms with van der Waals surface area (Å²) in [5.74, 6) is 1.26. The first-order valence-electron chi connectivity index (χ1n) is 5.00. The van der Waals surface area contributed by atoms with Crippen molar-refractivity contribution in [1.29, 1.82) is 0 Å². The van der Waals surface area contributed by atoms with Crippen molar-refractivity contribution in [3.8, 4) is 5.75 Å². The van der Waals surface area contributed by atoms with Crippen molar-refractivity contribution in [3.05, 3.63) is 34.7 Å². The Hall–Kier alpha value is -0.760. The second-order valence-electron chi connectivity index (χ2n) is 3.38. The van der Waals surface area contributed by atoms with E-state index in [9.17, 15) is 4.39 Å². The Bertz CT molecular complexity index is 314. The van der Waals surface area contributed by atoms with Crippen LogP contribution in [-0.2, 0) is 0 Å². The average molecular weight is 230 g/mol. The Morgan fingerprint density at radius 3 is 2.80 bits per heavy atom. The third-order valence-corrected chi connectivity index (χ3v) is 2.48. The second kappa shape index (κ2) is 5.96. The number of halogens is 2. The van der Waals surface area contributed by atoms with E-state index in [0.717, 1.165) is 12.0 Å². The molecule has 0 N–H and O–H groups in total. The third-order valence-electron chi connectivity index (χ3n) is 2.09. The van der Waals surface area contributed by atoms with Crippen LogP contribution >= 0.6 is 11.6 Å². The molecule has 0 atom stereocenters. The second-order valence-corrected chi connectivity index (χ2v) is 3.76. The first kappa shape index (κ1) is 12.3. The summed E-state index contributed by atoms with van der Waals surface area (Å²) in [6.07, 6.45) is 0.923. The van der Waals surface area contributed by atoms with Crippen molar-refractivity contribution in [2.45, 2.75) is 20.3 Å². The summed E-state index contributed by atoms with van der Waals surface area (Å²) in [4.78, 5) is 0. The maximum Gasteiger partial charge on any atom is 0.138 e. The first-order valence-corrected chi connectivity index (χ1v) is 5.38.